The zero-order valence-corrected chi connectivity index (χ0v) is 10.6. The molecule has 0 saturated carbocycles. The van der Waals surface area contributed by atoms with Crippen molar-refractivity contribution in [1.29, 1.82) is 0 Å². The molecule has 7 nitrogen and oxygen atoms in total. The summed E-state index contributed by atoms with van der Waals surface area (Å²) < 4.78 is 0. The fourth-order valence-corrected chi connectivity index (χ4v) is 3.07. The van der Waals surface area contributed by atoms with E-state index in [0.29, 0.717) is 5.56 Å². The lowest BCUT2D eigenvalue weighted by atomic mass is 9.82. The summed E-state index contributed by atoms with van der Waals surface area (Å²) in [7, 11) is 0. The van der Waals surface area contributed by atoms with Gasteiger partial charge in [0.05, 0.1) is 24.7 Å². The number of phenols is 2. The number of aliphatic hydroxyl groups excluding tert-OH is 2. The molecule has 2 heterocycles. The Labute approximate surface area is 114 Å². The van der Waals surface area contributed by atoms with Crippen molar-refractivity contribution >= 4 is 5.91 Å². The molecule has 108 valence electrons. The minimum atomic E-state index is -1.13. The van der Waals surface area contributed by atoms with Crippen molar-refractivity contribution in [1.82, 2.24) is 4.90 Å². The smallest absolute Gasteiger partial charge is 0.240 e. The van der Waals surface area contributed by atoms with E-state index in [1.807, 2.05) is 0 Å². The highest BCUT2D eigenvalue weighted by Crippen LogP contribution is 2.43. The fraction of sp³-hybridized carbons (Fsp3) is 0.462. The first-order valence-electron chi connectivity index (χ1n) is 6.37. The van der Waals surface area contributed by atoms with Gasteiger partial charge in [-0.05, 0) is 18.1 Å². The number of hydrogen-bond donors (Lipinski definition) is 5. The monoisotopic (exact) mass is 280 g/mol. The average Bonchev–Trinajstić information content (AvgIpc) is 2.40. The summed E-state index contributed by atoms with van der Waals surface area (Å²) >= 11 is 0. The van der Waals surface area contributed by atoms with E-state index in [0.717, 1.165) is 0 Å². The normalized spacial score (nSPS) is 32.8. The van der Waals surface area contributed by atoms with Crippen LogP contribution in [0.3, 0.4) is 0 Å². The Morgan fingerprint density at radius 3 is 2.65 bits per heavy atom. The lowest BCUT2D eigenvalue weighted by Crippen LogP contribution is -2.62. The summed E-state index contributed by atoms with van der Waals surface area (Å²) in [6.07, 6.45) is -1.96. The topological polar surface area (TPSA) is 127 Å². The van der Waals surface area contributed by atoms with E-state index in [-0.39, 0.29) is 35.9 Å². The number of nitrogens with two attached hydrogens (primary N) is 1. The molecule has 3 rings (SSSR count). The molecule has 1 saturated heterocycles. The third kappa shape index (κ3) is 1.67. The molecule has 0 unspecified atom stereocenters. The first-order valence-corrected chi connectivity index (χ1v) is 6.37. The van der Waals surface area contributed by atoms with Crippen molar-refractivity contribution in [2.45, 2.75) is 37.3 Å². The minimum Gasteiger partial charge on any atom is -0.504 e. The summed E-state index contributed by atoms with van der Waals surface area (Å²) in [4.78, 5) is 13.4. The Morgan fingerprint density at radius 2 is 1.95 bits per heavy atom. The van der Waals surface area contributed by atoms with Gasteiger partial charge in [-0.3, -0.25) is 4.79 Å². The average molecular weight is 280 g/mol. The van der Waals surface area contributed by atoms with Crippen LogP contribution in [-0.4, -0.2) is 49.4 Å². The number of fused-ring (bicyclic) bond motifs is 2. The molecule has 1 aromatic carbocycles. The number of hydrogen-bond acceptors (Lipinski definition) is 6. The summed E-state index contributed by atoms with van der Waals surface area (Å²) in [5.74, 6) is -1.06. The van der Waals surface area contributed by atoms with E-state index in [9.17, 15) is 25.2 Å². The quantitative estimate of drug-likeness (QED) is 0.385. The van der Waals surface area contributed by atoms with E-state index < -0.39 is 24.3 Å². The largest absolute Gasteiger partial charge is 0.504 e. The van der Waals surface area contributed by atoms with Crippen molar-refractivity contribution < 1.29 is 25.2 Å². The number of phenolic OH excluding ortho intramolecular Hbond substituents is 2. The van der Waals surface area contributed by atoms with Crippen LogP contribution in [0, 0.1) is 0 Å². The Hall–Kier alpha value is -1.83. The zero-order chi connectivity index (χ0) is 14.6. The molecule has 2 aliphatic heterocycles. The summed E-state index contributed by atoms with van der Waals surface area (Å²) in [6, 6.07) is 1.15. The van der Waals surface area contributed by atoms with E-state index in [2.05, 4.69) is 0 Å². The predicted octanol–water partition coefficient (Wildman–Crippen LogP) is -1.07. The van der Waals surface area contributed by atoms with Crippen LogP contribution < -0.4 is 5.73 Å². The van der Waals surface area contributed by atoms with Crippen LogP contribution >= 0.6 is 0 Å². The number of benzene rings is 1. The molecule has 0 aromatic heterocycles. The standard InChI is InChI=1S/C13H16N2O5/c14-7-3-9(17)10-12(19)5-1-2-8(16)11(18)6(5)4-15(10)13(7)20/h1-2,7,9-10,12,16-19H,3-4,14H2/t7-,9-,10+,12+/m0/s1. The number of carbonyl (C=O) groups is 1. The number of amides is 1. The Kier molecular flexibility index (Phi) is 2.86. The van der Waals surface area contributed by atoms with Gasteiger partial charge in [-0.15, -0.1) is 0 Å². The molecule has 1 fully saturated rings. The van der Waals surface area contributed by atoms with Gasteiger partial charge >= 0.3 is 0 Å². The number of carbonyl (C=O) groups excluding carboxylic acids is 1. The maximum Gasteiger partial charge on any atom is 0.240 e. The molecule has 2 aliphatic rings. The van der Waals surface area contributed by atoms with Gasteiger partial charge in [0.15, 0.2) is 11.5 Å². The van der Waals surface area contributed by atoms with Crippen LogP contribution in [0.1, 0.15) is 23.7 Å². The second-order valence-corrected chi connectivity index (χ2v) is 5.31. The third-order valence-corrected chi connectivity index (χ3v) is 4.12. The second-order valence-electron chi connectivity index (χ2n) is 5.31. The highest BCUT2D eigenvalue weighted by Gasteiger charge is 2.47. The van der Waals surface area contributed by atoms with Crippen LogP contribution in [0.2, 0.25) is 0 Å². The van der Waals surface area contributed by atoms with Gasteiger partial charge in [0.25, 0.3) is 0 Å². The molecule has 0 radical (unpaired) electrons. The molecular weight excluding hydrogens is 264 g/mol. The van der Waals surface area contributed by atoms with Crippen molar-refractivity contribution in [2.75, 3.05) is 0 Å². The van der Waals surface area contributed by atoms with E-state index in [4.69, 9.17) is 5.73 Å². The molecule has 7 heteroatoms. The van der Waals surface area contributed by atoms with Crippen LogP contribution in [0.15, 0.2) is 12.1 Å². The van der Waals surface area contributed by atoms with Crippen molar-refractivity contribution in [3.63, 3.8) is 0 Å². The third-order valence-electron chi connectivity index (χ3n) is 4.12. The maximum atomic E-state index is 12.1. The van der Waals surface area contributed by atoms with Gasteiger partial charge in [0, 0.05) is 5.56 Å². The Morgan fingerprint density at radius 1 is 1.25 bits per heavy atom. The molecule has 0 spiro atoms. The minimum absolute atomic E-state index is 0.000880. The van der Waals surface area contributed by atoms with E-state index in [1.54, 1.807) is 0 Å². The maximum absolute atomic E-state index is 12.1. The van der Waals surface area contributed by atoms with Gasteiger partial charge in [0.2, 0.25) is 5.91 Å². The highest BCUT2D eigenvalue weighted by molar-refractivity contribution is 5.83. The van der Waals surface area contributed by atoms with Crippen molar-refractivity contribution in [3.8, 4) is 11.5 Å². The lowest BCUT2D eigenvalue weighted by Gasteiger charge is -2.47. The predicted molar refractivity (Wildman–Crippen MR) is 67.7 cm³/mol. The fourth-order valence-electron chi connectivity index (χ4n) is 3.07. The molecule has 1 aromatic rings. The molecule has 0 bridgehead atoms. The van der Waals surface area contributed by atoms with Gasteiger partial charge in [0.1, 0.15) is 6.10 Å². The van der Waals surface area contributed by atoms with Crippen LogP contribution in [0.4, 0.5) is 0 Å². The summed E-state index contributed by atoms with van der Waals surface area (Å²) in [5.41, 5.74) is 6.35. The van der Waals surface area contributed by atoms with Gasteiger partial charge in [-0.25, -0.2) is 0 Å². The van der Waals surface area contributed by atoms with E-state index in [1.165, 1.54) is 17.0 Å². The van der Waals surface area contributed by atoms with Crippen LogP contribution in [-0.2, 0) is 11.3 Å². The van der Waals surface area contributed by atoms with Crippen LogP contribution in [0.5, 0.6) is 11.5 Å². The molecule has 0 aliphatic carbocycles. The zero-order valence-electron chi connectivity index (χ0n) is 10.6. The number of aliphatic hydroxyl groups is 2. The summed E-state index contributed by atoms with van der Waals surface area (Å²) in [5, 5.41) is 39.8. The number of piperidine rings is 1. The number of rotatable bonds is 0. The number of aromatic hydroxyl groups is 2. The SMILES string of the molecule is N[C@H]1C[C@H](O)[C@@H]2[C@H](O)c3ccc(O)c(O)c3CN2C1=O. The second kappa shape index (κ2) is 4.34. The first-order chi connectivity index (χ1) is 9.41. The molecule has 6 N–H and O–H groups in total. The van der Waals surface area contributed by atoms with Gasteiger partial charge < -0.3 is 31.1 Å². The van der Waals surface area contributed by atoms with Gasteiger partial charge in [-0.1, -0.05) is 6.07 Å². The van der Waals surface area contributed by atoms with Crippen LogP contribution in [0.25, 0.3) is 0 Å². The number of nitrogens with zero attached hydrogens (tertiary/aromatic N) is 1. The highest BCUT2D eigenvalue weighted by atomic mass is 16.3. The molecule has 1 amide bonds. The summed E-state index contributed by atoms with van der Waals surface area (Å²) in [6.45, 7) is 0.000880. The Balaban J connectivity index is 2.10. The Bertz CT molecular complexity index is 576. The van der Waals surface area contributed by atoms with E-state index >= 15 is 0 Å². The van der Waals surface area contributed by atoms with Gasteiger partial charge in [-0.2, -0.15) is 0 Å². The lowest BCUT2D eigenvalue weighted by molar-refractivity contribution is -0.153. The van der Waals surface area contributed by atoms with Crippen molar-refractivity contribution in [2.24, 2.45) is 5.73 Å². The van der Waals surface area contributed by atoms with Crippen molar-refractivity contribution in [3.05, 3.63) is 23.3 Å². The first kappa shape index (κ1) is 13.2. The molecule has 20 heavy (non-hydrogen) atoms. The molecular formula is C13H16N2O5. The molecule has 4 atom stereocenters.